The van der Waals surface area contributed by atoms with Gasteiger partial charge in [-0.3, -0.25) is 4.57 Å². The van der Waals surface area contributed by atoms with Gasteiger partial charge in [0.25, 0.3) is 0 Å². The largest absolute Gasteiger partial charge is 0.573 e. The van der Waals surface area contributed by atoms with E-state index in [4.69, 9.17) is 14.8 Å². The van der Waals surface area contributed by atoms with Crippen LogP contribution >= 0.6 is 7.60 Å². The first-order valence-corrected chi connectivity index (χ1v) is 7.83. The number of alkyl halides is 3. The first-order valence-electron chi connectivity index (χ1n) is 6.22. The Kier molecular flexibility index (Phi) is 6.22. The van der Waals surface area contributed by atoms with Gasteiger partial charge in [-0.25, -0.2) is 0 Å². The summed E-state index contributed by atoms with van der Waals surface area (Å²) in [6.45, 7) is 3.55. The van der Waals surface area contributed by atoms with E-state index >= 15 is 0 Å². The van der Waals surface area contributed by atoms with Crippen LogP contribution in [-0.4, -0.2) is 19.6 Å². The average molecular weight is 327 g/mol. The molecule has 1 aromatic carbocycles. The lowest BCUT2D eigenvalue weighted by Crippen LogP contribution is -2.17. The molecule has 21 heavy (non-hydrogen) atoms. The van der Waals surface area contributed by atoms with Crippen molar-refractivity contribution in [3.63, 3.8) is 0 Å². The standard InChI is InChI=1S/C12H17F3NO4P/c1-3-18-21(17,19-4-2)11(16)9-5-7-10(8-6-9)20-12(13,14)15/h5-8,11H,3-4,16H2,1-2H3/t11-/m0/s1. The van der Waals surface area contributed by atoms with E-state index in [0.29, 0.717) is 5.56 Å². The summed E-state index contributed by atoms with van der Waals surface area (Å²) < 4.78 is 62.6. The quantitative estimate of drug-likeness (QED) is 0.771. The summed E-state index contributed by atoms with van der Waals surface area (Å²) in [4.78, 5) is 0. The van der Waals surface area contributed by atoms with E-state index < -0.39 is 19.7 Å². The van der Waals surface area contributed by atoms with E-state index in [1.165, 1.54) is 12.1 Å². The maximum absolute atomic E-state index is 12.4. The van der Waals surface area contributed by atoms with Crippen LogP contribution in [0.25, 0.3) is 0 Å². The van der Waals surface area contributed by atoms with Gasteiger partial charge < -0.3 is 19.5 Å². The van der Waals surface area contributed by atoms with Gasteiger partial charge in [0.15, 0.2) is 0 Å². The van der Waals surface area contributed by atoms with Crippen LogP contribution < -0.4 is 10.5 Å². The zero-order valence-electron chi connectivity index (χ0n) is 11.6. The van der Waals surface area contributed by atoms with Crippen LogP contribution in [0.15, 0.2) is 24.3 Å². The predicted octanol–water partition coefficient (Wildman–Crippen LogP) is 3.81. The molecule has 1 aromatic rings. The van der Waals surface area contributed by atoms with E-state index in [0.717, 1.165) is 12.1 Å². The zero-order valence-corrected chi connectivity index (χ0v) is 12.5. The van der Waals surface area contributed by atoms with Gasteiger partial charge in [0.2, 0.25) is 0 Å². The Bertz CT molecular complexity index is 482. The van der Waals surface area contributed by atoms with Gasteiger partial charge in [-0.15, -0.1) is 13.2 Å². The molecule has 0 unspecified atom stereocenters. The Hall–Kier alpha value is -1.08. The van der Waals surface area contributed by atoms with Crippen LogP contribution in [0.1, 0.15) is 25.2 Å². The van der Waals surface area contributed by atoms with Crippen molar-refractivity contribution in [1.82, 2.24) is 0 Å². The van der Waals surface area contributed by atoms with E-state index in [1.807, 2.05) is 0 Å². The number of hydrogen-bond donors (Lipinski definition) is 1. The van der Waals surface area contributed by atoms with Crippen molar-refractivity contribution in [1.29, 1.82) is 0 Å². The Labute approximate surface area is 120 Å². The molecule has 0 fully saturated rings. The number of hydrogen-bond acceptors (Lipinski definition) is 5. The molecule has 2 N–H and O–H groups in total. The summed E-state index contributed by atoms with van der Waals surface area (Å²) in [5.41, 5.74) is 6.18. The molecule has 0 saturated carbocycles. The predicted molar refractivity (Wildman–Crippen MR) is 70.9 cm³/mol. The molecule has 5 nitrogen and oxygen atoms in total. The van der Waals surface area contributed by atoms with Gasteiger partial charge in [-0.2, -0.15) is 0 Å². The first kappa shape index (κ1) is 18.0. The van der Waals surface area contributed by atoms with Gasteiger partial charge in [0.05, 0.1) is 13.2 Å². The fourth-order valence-electron chi connectivity index (χ4n) is 1.61. The molecular weight excluding hydrogens is 310 g/mol. The molecule has 0 aromatic heterocycles. The van der Waals surface area contributed by atoms with E-state index in [-0.39, 0.29) is 19.0 Å². The molecule has 1 rings (SSSR count). The van der Waals surface area contributed by atoms with E-state index in [9.17, 15) is 17.7 Å². The lowest BCUT2D eigenvalue weighted by molar-refractivity contribution is -0.274. The van der Waals surface area contributed by atoms with Crippen molar-refractivity contribution in [2.24, 2.45) is 5.73 Å². The first-order chi connectivity index (χ1) is 9.72. The Morgan fingerprint density at radius 2 is 1.62 bits per heavy atom. The lowest BCUT2D eigenvalue weighted by Gasteiger charge is -2.23. The lowest BCUT2D eigenvalue weighted by atomic mass is 10.2. The molecule has 0 aliphatic heterocycles. The summed E-state index contributed by atoms with van der Waals surface area (Å²) in [5.74, 6) is -1.47. The minimum Gasteiger partial charge on any atom is -0.406 e. The number of rotatable bonds is 7. The highest BCUT2D eigenvalue weighted by Crippen LogP contribution is 2.58. The molecule has 0 heterocycles. The highest BCUT2D eigenvalue weighted by Gasteiger charge is 2.34. The van der Waals surface area contributed by atoms with Crippen LogP contribution in [0.5, 0.6) is 5.75 Å². The highest BCUT2D eigenvalue weighted by atomic mass is 31.2. The maximum Gasteiger partial charge on any atom is 0.573 e. The minimum atomic E-state index is -4.77. The second-order valence-electron chi connectivity index (χ2n) is 3.94. The second kappa shape index (κ2) is 7.26. The number of ether oxygens (including phenoxy) is 1. The van der Waals surface area contributed by atoms with Crippen LogP contribution in [-0.2, 0) is 13.6 Å². The molecule has 0 bridgehead atoms. The average Bonchev–Trinajstić information content (AvgIpc) is 2.37. The van der Waals surface area contributed by atoms with Crippen LogP contribution in [0, 0.1) is 0 Å². The second-order valence-corrected chi connectivity index (χ2v) is 6.09. The molecular formula is C12H17F3NO4P. The summed E-state index contributed by atoms with van der Waals surface area (Å²) in [5, 5.41) is 0. The van der Waals surface area contributed by atoms with Crippen molar-refractivity contribution in [2.45, 2.75) is 26.0 Å². The van der Waals surface area contributed by atoms with Crippen molar-refractivity contribution < 1.29 is 31.5 Å². The van der Waals surface area contributed by atoms with E-state index in [2.05, 4.69) is 4.74 Å². The van der Waals surface area contributed by atoms with Gasteiger partial charge >= 0.3 is 14.0 Å². The minimum absolute atomic E-state index is 0.139. The van der Waals surface area contributed by atoms with Gasteiger partial charge in [-0.1, -0.05) is 12.1 Å². The SMILES string of the molecule is CCOP(=O)(OCC)[C@H](N)c1ccc(OC(F)(F)F)cc1. The molecule has 0 amide bonds. The Balaban J connectivity index is 2.91. The Morgan fingerprint density at radius 3 is 2.00 bits per heavy atom. The van der Waals surface area contributed by atoms with Crippen molar-refractivity contribution in [3.8, 4) is 5.75 Å². The van der Waals surface area contributed by atoms with Crippen LogP contribution in [0.4, 0.5) is 13.2 Å². The normalized spacial score (nSPS) is 14.0. The number of halogens is 3. The highest BCUT2D eigenvalue weighted by molar-refractivity contribution is 7.54. The number of benzene rings is 1. The molecule has 120 valence electrons. The van der Waals surface area contributed by atoms with Crippen molar-refractivity contribution in [3.05, 3.63) is 29.8 Å². The molecule has 0 aliphatic rings. The van der Waals surface area contributed by atoms with Gasteiger partial charge in [0, 0.05) is 0 Å². The molecule has 0 radical (unpaired) electrons. The molecule has 0 spiro atoms. The molecule has 9 heteroatoms. The maximum atomic E-state index is 12.4. The van der Waals surface area contributed by atoms with Gasteiger partial charge in [-0.05, 0) is 31.5 Å². The molecule has 0 saturated heterocycles. The summed E-state index contributed by atoms with van der Waals surface area (Å²) in [6.07, 6.45) is -4.77. The fourth-order valence-corrected chi connectivity index (χ4v) is 3.26. The molecule has 0 aliphatic carbocycles. The zero-order chi connectivity index (χ0) is 16.1. The van der Waals surface area contributed by atoms with E-state index in [1.54, 1.807) is 13.8 Å². The van der Waals surface area contributed by atoms with Crippen molar-refractivity contribution >= 4 is 7.60 Å². The third-order valence-corrected chi connectivity index (χ3v) is 4.63. The van der Waals surface area contributed by atoms with Crippen molar-refractivity contribution in [2.75, 3.05) is 13.2 Å². The Morgan fingerprint density at radius 1 is 1.14 bits per heavy atom. The third kappa shape index (κ3) is 5.32. The monoisotopic (exact) mass is 327 g/mol. The van der Waals surface area contributed by atoms with Gasteiger partial charge in [0.1, 0.15) is 11.5 Å². The summed E-state index contributed by atoms with van der Waals surface area (Å²) in [7, 11) is -3.57. The topological polar surface area (TPSA) is 70.8 Å². The van der Waals surface area contributed by atoms with Crippen LogP contribution in [0.2, 0.25) is 0 Å². The summed E-state index contributed by atoms with van der Waals surface area (Å²) >= 11 is 0. The fraction of sp³-hybridized carbons (Fsp3) is 0.500. The third-order valence-electron chi connectivity index (χ3n) is 2.41. The smallest absolute Gasteiger partial charge is 0.406 e. The summed E-state index contributed by atoms with van der Waals surface area (Å²) in [6, 6.07) is 4.75. The number of nitrogens with two attached hydrogens (primary N) is 1. The molecule has 1 atom stereocenters. The van der Waals surface area contributed by atoms with Crippen LogP contribution in [0.3, 0.4) is 0 Å².